The predicted molar refractivity (Wildman–Crippen MR) is 120 cm³/mol. The summed E-state index contributed by atoms with van der Waals surface area (Å²) in [5, 5.41) is 11.5. The van der Waals surface area contributed by atoms with E-state index in [0.29, 0.717) is 12.5 Å². The van der Waals surface area contributed by atoms with Gasteiger partial charge in [-0.15, -0.1) is 0 Å². The van der Waals surface area contributed by atoms with Gasteiger partial charge < -0.3 is 9.84 Å². The van der Waals surface area contributed by atoms with Gasteiger partial charge >= 0.3 is 5.97 Å². The fraction of sp³-hybridized carbons (Fsp3) is 0.654. The molecule has 2 aliphatic carbocycles. The lowest BCUT2D eigenvalue weighted by molar-refractivity contribution is -0.145. The zero-order valence-electron chi connectivity index (χ0n) is 18.9. The minimum absolute atomic E-state index is 0.0856. The summed E-state index contributed by atoms with van der Waals surface area (Å²) < 4.78 is 5.84. The number of ether oxygens (including phenoxy) is 1. The Bertz CT molecular complexity index is 832. The second-order valence-corrected chi connectivity index (χ2v) is 10.4. The minimum atomic E-state index is -0.511. The third-order valence-corrected chi connectivity index (χ3v) is 8.74. The molecule has 1 aromatic carbocycles. The lowest BCUT2D eigenvalue weighted by Crippen LogP contribution is -2.55. The third-order valence-electron chi connectivity index (χ3n) is 8.74. The first-order chi connectivity index (χ1) is 15.0. The fourth-order valence-corrected chi connectivity index (χ4v) is 6.52. The SMILES string of the molecule is C[C@@H]1CCC=C2C[C@H]3OC(=O)[C@@H](CN4CCN(Cc5ccccc5)CC4)[C@@H]3[C@H](O)[C@@]21C. The standard InChI is InChI=1S/C26H36N2O3/c1-18-7-6-10-20-15-22-23(24(29)26(18,20)2)21(25(30)31-22)17-28-13-11-27(12-14-28)16-19-8-4-3-5-9-19/h3-5,8-10,18,21-24,29H,6-7,11-17H2,1-2H3/t18-,21+,22-,23+,24+,26-/m1/s1. The van der Waals surface area contributed by atoms with E-state index in [9.17, 15) is 9.90 Å². The number of allylic oxidation sites excluding steroid dienone is 1. The summed E-state index contributed by atoms with van der Waals surface area (Å²) in [6, 6.07) is 10.6. The van der Waals surface area contributed by atoms with Crippen molar-refractivity contribution in [3.63, 3.8) is 0 Å². The molecule has 31 heavy (non-hydrogen) atoms. The van der Waals surface area contributed by atoms with Crippen molar-refractivity contribution in [3.8, 4) is 0 Å². The van der Waals surface area contributed by atoms with Crippen LogP contribution in [-0.4, -0.2) is 65.8 Å². The Kier molecular flexibility index (Phi) is 5.70. The van der Waals surface area contributed by atoms with Crippen molar-refractivity contribution in [2.75, 3.05) is 32.7 Å². The molecule has 1 saturated carbocycles. The predicted octanol–water partition coefficient (Wildman–Crippen LogP) is 3.09. The molecule has 0 aromatic heterocycles. The number of nitrogens with zero attached hydrogens (tertiary/aromatic N) is 2. The Morgan fingerprint density at radius 2 is 1.84 bits per heavy atom. The first-order valence-corrected chi connectivity index (χ1v) is 12.0. The van der Waals surface area contributed by atoms with Gasteiger partial charge in [-0.2, -0.15) is 0 Å². The molecule has 2 aliphatic heterocycles. The van der Waals surface area contributed by atoms with Gasteiger partial charge in [0.15, 0.2) is 0 Å². The van der Waals surface area contributed by atoms with E-state index < -0.39 is 6.10 Å². The minimum Gasteiger partial charge on any atom is -0.461 e. The fourth-order valence-electron chi connectivity index (χ4n) is 6.52. The molecule has 5 rings (SSSR count). The van der Waals surface area contributed by atoms with Crippen LogP contribution in [0.15, 0.2) is 42.0 Å². The summed E-state index contributed by atoms with van der Waals surface area (Å²) in [6.07, 6.45) is 4.61. The highest BCUT2D eigenvalue weighted by molar-refractivity contribution is 5.76. The number of esters is 1. The molecule has 5 heteroatoms. The van der Waals surface area contributed by atoms with E-state index in [1.54, 1.807) is 0 Å². The first-order valence-electron chi connectivity index (χ1n) is 12.0. The van der Waals surface area contributed by atoms with Gasteiger partial charge in [0.1, 0.15) is 6.10 Å². The number of aliphatic hydroxyl groups excluding tert-OH is 1. The highest BCUT2D eigenvalue weighted by Crippen LogP contribution is 2.56. The normalized spacial score (nSPS) is 38.9. The number of rotatable bonds is 4. The van der Waals surface area contributed by atoms with Crippen LogP contribution in [0.1, 0.15) is 38.7 Å². The Labute approximate surface area is 186 Å². The summed E-state index contributed by atoms with van der Waals surface area (Å²) in [5.41, 5.74) is 2.44. The molecule has 2 heterocycles. The third kappa shape index (κ3) is 3.75. The number of benzene rings is 1. The summed E-state index contributed by atoms with van der Waals surface area (Å²) >= 11 is 0. The zero-order valence-corrected chi connectivity index (χ0v) is 18.9. The van der Waals surface area contributed by atoms with Crippen molar-refractivity contribution in [3.05, 3.63) is 47.5 Å². The van der Waals surface area contributed by atoms with E-state index >= 15 is 0 Å². The number of carbonyl (C=O) groups is 1. The van der Waals surface area contributed by atoms with Gasteiger partial charge in [-0.1, -0.05) is 55.8 Å². The van der Waals surface area contributed by atoms with Gasteiger partial charge in [0, 0.05) is 57.0 Å². The van der Waals surface area contributed by atoms with Gasteiger partial charge in [0.25, 0.3) is 0 Å². The molecule has 0 unspecified atom stereocenters. The number of aliphatic hydroxyl groups is 1. The Morgan fingerprint density at radius 3 is 2.58 bits per heavy atom. The summed E-state index contributed by atoms with van der Waals surface area (Å²) in [4.78, 5) is 17.8. The van der Waals surface area contributed by atoms with E-state index in [2.05, 4.69) is 60.1 Å². The van der Waals surface area contributed by atoms with E-state index in [0.717, 1.165) is 52.0 Å². The number of fused-ring (bicyclic) bond motifs is 2. The van der Waals surface area contributed by atoms with E-state index in [1.165, 1.54) is 11.1 Å². The second kappa shape index (κ2) is 8.34. The summed E-state index contributed by atoms with van der Waals surface area (Å²) in [6.45, 7) is 10.1. The van der Waals surface area contributed by atoms with Crippen LogP contribution in [-0.2, 0) is 16.1 Å². The molecule has 5 nitrogen and oxygen atoms in total. The molecular weight excluding hydrogens is 388 g/mol. The maximum atomic E-state index is 12.9. The van der Waals surface area contributed by atoms with Crippen molar-refractivity contribution in [2.24, 2.45) is 23.2 Å². The van der Waals surface area contributed by atoms with Crippen molar-refractivity contribution in [1.82, 2.24) is 9.80 Å². The number of piperazine rings is 1. The number of hydrogen-bond acceptors (Lipinski definition) is 5. The van der Waals surface area contributed by atoms with Gasteiger partial charge in [0.05, 0.1) is 12.0 Å². The highest BCUT2D eigenvalue weighted by Gasteiger charge is 2.59. The molecule has 1 aromatic rings. The quantitative estimate of drug-likeness (QED) is 0.595. The maximum Gasteiger partial charge on any atom is 0.311 e. The molecule has 0 bridgehead atoms. The zero-order chi connectivity index (χ0) is 21.6. The molecule has 168 valence electrons. The van der Waals surface area contributed by atoms with Crippen LogP contribution in [0.4, 0.5) is 0 Å². The molecule has 1 N–H and O–H groups in total. The Hall–Kier alpha value is -1.69. The van der Waals surface area contributed by atoms with Crippen LogP contribution in [0, 0.1) is 23.2 Å². The first kappa shape index (κ1) is 21.2. The molecule has 6 atom stereocenters. The van der Waals surface area contributed by atoms with Gasteiger partial charge in [-0.25, -0.2) is 0 Å². The monoisotopic (exact) mass is 424 g/mol. The van der Waals surface area contributed by atoms with E-state index in [1.807, 2.05) is 0 Å². The van der Waals surface area contributed by atoms with Gasteiger partial charge in [-0.3, -0.25) is 14.6 Å². The van der Waals surface area contributed by atoms with E-state index in [-0.39, 0.29) is 29.3 Å². The van der Waals surface area contributed by atoms with Crippen molar-refractivity contribution in [2.45, 2.75) is 51.9 Å². The average molecular weight is 425 g/mol. The van der Waals surface area contributed by atoms with Gasteiger partial charge in [-0.05, 0) is 24.3 Å². The number of hydrogen-bond donors (Lipinski definition) is 1. The maximum absolute atomic E-state index is 12.9. The van der Waals surface area contributed by atoms with Crippen LogP contribution in [0.3, 0.4) is 0 Å². The number of carbonyl (C=O) groups excluding carboxylic acids is 1. The van der Waals surface area contributed by atoms with Crippen molar-refractivity contribution < 1.29 is 14.6 Å². The van der Waals surface area contributed by atoms with Crippen LogP contribution < -0.4 is 0 Å². The molecule has 0 radical (unpaired) electrons. The van der Waals surface area contributed by atoms with Crippen LogP contribution in [0.5, 0.6) is 0 Å². The Morgan fingerprint density at radius 1 is 1.13 bits per heavy atom. The Balaban J connectivity index is 1.24. The smallest absolute Gasteiger partial charge is 0.311 e. The molecule has 3 fully saturated rings. The largest absolute Gasteiger partial charge is 0.461 e. The van der Waals surface area contributed by atoms with E-state index in [4.69, 9.17) is 4.74 Å². The molecule has 4 aliphatic rings. The average Bonchev–Trinajstić information content (AvgIpc) is 3.07. The second-order valence-electron chi connectivity index (χ2n) is 10.4. The van der Waals surface area contributed by atoms with Crippen LogP contribution >= 0.6 is 0 Å². The topological polar surface area (TPSA) is 53.0 Å². The molecule has 0 spiro atoms. The molecular formula is C26H36N2O3. The van der Waals surface area contributed by atoms with Crippen molar-refractivity contribution in [1.29, 1.82) is 0 Å². The summed E-state index contributed by atoms with van der Waals surface area (Å²) in [5.74, 6) is 0.0309. The highest BCUT2D eigenvalue weighted by atomic mass is 16.6. The van der Waals surface area contributed by atoms with Gasteiger partial charge in [0.2, 0.25) is 0 Å². The van der Waals surface area contributed by atoms with Crippen LogP contribution in [0.25, 0.3) is 0 Å². The molecule has 2 saturated heterocycles. The lowest BCUT2D eigenvalue weighted by Gasteiger charge is -2.52. The molecule has 0 amide bonds. The summed E-state index contributed by atoms with van der Waals surface area (Å²) in [7, 11) is 0. The van der Waals surface area contributed by atoms with Crippen LogP contribution in [0.2, 0.25) is 0 Å². The lowest BCUT2D eigenvalue weighted by atomic mass is 9.55. The van der Waals surface area contributed by atoms with Crippen molar-refractivity contribution >= 4 is 5.97 Å².